The smallest absolute Gasteiger partial charge is 0.325 e. The molecule has 8 heteroatoms. The maximum absolute atomic E-state index is 13.0. The topological polar surface area (TPSA) is 108 Å². The molecule has 0 bridgehead atoms. The number of hydrogen-bond donors (Lipinski definition) is 3. The molecule has 152 valence electrons. The fourth-order valence-electron chi connectivity index (χ4n) is 3.29. The standard InChI is InChI=1S/C21H24N4O4/c1-13(2)23-17(26)11-22-18(27)12-25-19(28)21(3,24-20(25)29)16-9-8-14-6-4-5-7-15(14)10-16/h4-10,13H,11-12H2,1-3H3,(H,22,27)(H,23,26)(H,24,29)/t21-/m1/s1. The van der Waals surface area contributed by atoms with Gasteiger partial charge >= 0.3 is 6.03 Å². The van der Waals surface area contributed by atoms with Crippen molar-refractivity contribution in [2.75, 3.05) is 13.1 Å². The predicted molar refractivity (Wildman–Crippen MR) is 108 cm³/mol. The molecule has 2 aromatic carbocycles. The maximum atomic E-state index is 13.0. The summed E-state index contributed by atoms with van der Waals surface area (Å²) in [5.41, 5.74) is -0.634. The number of carbonyl (C=O) groups is 4. The third-order valence-electron chi connectivity index (χ3n) is 4.80. The van der Waals surface area contributed by atoms with Crippen molar-refractivity contribution in [1.82, 2.24) is 20.9 Å². The fourth-order valence-corrected chi connectivity index (χ4v) is 3.29. The Balaban J connectivity index is 1.71. The SMILES string of the molecule is CC(C)NC(=O)CNC(=O)CN1C(=O)N[C@](C)(c2ccc3ccccc3c2)C1=O. The normalized spacial score (nSPS) is 18.8. The first-order valence-electron chi connectivity index (χ1n) is 9.40. The molecule has 1 saturated heterocycles. The van der Waals surface area contributed by atoms with Gasteiger partial charge < -0.3 is 16.0 Å². The lowest BCUT2D eigenvalue weighted by molar-refractivity contribution is -0.135. The lowest BCUT2D eigenvalue weighted by Crippen LogP contribution is -2.45. The molecule has 0 aliphatic carbocycles. The van der Waals surface area contributed by atoms with E-state index in [1.807, 2.05) is 36.4 Å². The van der Waals surface area contributed by atoms with E-state index in [9.17, 15) is 19.2 Å². The zero-order chi connectivity index (χ0) is 21.2. The van der Waals surface area contributed by atoms with Gasteiger partial charge in [0.15, 0.2) is 0 Å². The van der Waals surface area contributed by atoms with Crippen LogP contribution in [0, 0.1) is 0 Å². The van der Waals surface area contributed by atoms with Gasteiger partial charge in [-0.3, -0.25) is 19.3 Å². The molecule has 1 aliphatic rings. The molecule has 8 nitrogen and oxygen atoms in total. The van der Waals surface area contributed by atoms with E-state index < -0.39 is 29.9 Å². The van der Waals surface area contributed by atoms with Crippen LogP contribution in [0.25, 0.3) is 10.8 Å². The summed E-state index contributed by atoms with van der Waals surface area (Å²) in [5.74, 6) is -1.44. The van der Waals surface area contributed by atoms with E-state index >= 15 is 0 Å². The number of fused-ring (bicyclic) bond motifs is 1. The summed E-state index contributed by atoms with van der Waals surface area (Å²) in [6, 6.07) is 12.6. The van der Waals surface area contributed by atoms with Gasteiger partial charge in [-0.25, -0.2) is 4.79 Å². The van der Waals surface area contributed by atoms with Gasteiger partial charge in [0.05, 0.1) is 6.54 Å². The van der Waals surface area contributed by atoms with Crippen LogP contribution in [-0.4, -0.2) is 47.8 Å². The number of hydrogen-bond acceptors (Lipinski definition) is 4. The Morgan fingerprint density at radius 3 is 2.45 bits per heavy atom. The van der Waals surface area contributed by atoms with Crippen molar-refractivity contribution in [2.45, 2.75) is 32.4 Å². The van der Waals surface area contributed by atoms with Gasteiger partial charge in [0.1, 0.15) is 12.1 Å². The van der Waals surface area contributed by atoms with Crippen molar-refractivity contribution in [3.05, 3.63) is 48.0 Å². The average molecular weight is 396 g/mol. The van der Waals surface area contributed by atoms with Crippen LogP contribution >= 0.6 is 0 Å². The van der Waals surface area contributed by atoms with Crippen LogP contribution in [0.4, 0.5) is 4.79 Å². The predicted octanol–water partition coefficient (Wildman–Crippen LogP) is 1.25. The van der Waals surface area contributed by atoms with Gasteiger partial charge in [0.2, 0.25) is 11.8 Å². The summed E-state index contributed by atoms with van der Waals surface area (Å²) in [4.78, 5) is 50.0. The first kappa shape index (κ1) is 20.3. The highest BCUT2D eigenvalue weighted by Gasteiger charge is 2.49. The number of urea groups is 1. The summed E-state index contributed by atoms with van der Waals surface area (Å²) in [7, 11) is 0. The highest BCUT2D eigenvalue weighted by molar-refractivity contribution is 6.09. The Morgan fingerprint density at radius 2 is 1.76 bits per heavy atom. The lowest BCUT2D eigenvalue weighted by atomic mass is 9.90. The summed E-state index contributed by atoms with van der Waals surface area (Å²) in [6.07, 6.45) is 0. The second-order valence-electron chi connectivity index (χ2n) is 7.51. The molecule has 0 unspecified atom stereocenters. The molecule has 3 rings (SSSR count). The fraction of sp³-hybridized carbons (Fsp3) is 0.333. The molecule has 1 fully saturated rings. The molecule has 2 aromatic rings. The Kier molecular flexibility index (Phi) is 5.54. The number of benzene rings is 2. The van der Waals surface area contributed by atoms with Crippen molar-refractivity contribution in [2.24, 2.45) is 0 Å². The van der Waals surface area contributed by atoms with Crippen molar-refractivity contribution in [1.29, 1.82) is 0 Å². The molecule has 29 heavy (non-hydrogen) atoms. The van der Waals surface area contributed by atoms with Crippen molar-refractivity contribution >= 4 is 34.5 Å². The minimum atomic E-state index is -1.27. The van der Waals surface area contributed by atoms with E-state index in [0.29, 0.717) is 5.56 Å². The second-order valence-corrected chi connectivity index (χ2v) is 7.51. The molecule has 0 aromatic heterocycles. The van der Waals surface area contributed by atoms with Crippen LogP contribution in [0.3, 0.4) is 0 Å². The quantitative estimate of drug-likeness (QED) is 0.639. The van der Waals surface area contributed by atoms with E-state index in [2.05, 4.69) is 16.0 Å². The molecule has 5 amide bonds. The number of amides is 5. The summed E-state index contributed by atoms with van der Waals surface area (Å²) >= 11 is 0. The second kappa shape index (κ2) is 7.90. The monoisotopic (exact) mass is 396 g/mol. The summed E-state index contributed by atoms with van der Waals surface area (Å²) < 4.78 is 0. The van der Waals surface area contributed by atoms with Crippen LogP contribution in [0.2, 0.25) is 0 Å². The van der Waals surface area contributed by atoms with Crippen molar-refractivity contribution in [3.8, 4) is 0 Å². The molecule has 0 saturated carbocycles. The van der Waals surface area contributed by atoms with Gasteiger partial charge in [0, 0.05) is 6.04 Å². The van der Waals surface area contributed by atoms with Crippen LogP contribution in [0.1, 0.15) is 26.3 Å². The number of nitrogens with one attached hydrogen (secondary N) is 3. The number of carbonyl (C=O) groups excluding carboxylic acids is 4. The van der Waals surface area contributed by atoms with Gasteiger partial charge in [-0.2, -0.15) is 0 Å². The van der Waals surface area contributed by atoms with Crippen molar-refractivity contribution in [3.63, 3.8) is 0 Å². The third kappa shape index (κ3) is 4.21. The molecule has 1 atom stereocenters. The Bertz CT molecular complexity index is 988. The van der Waals surface area contributed by atoms with Gasteiger partial charge in [-0.15, -0.1) is 0 Å². The largest absolute Gasteiger partial charge is 0.352 e. The Hall–Kier alpha value is -3.42. The minimum absolute atomic E-state index is 0.0481. The van der Waals surface area contributed by atoms with Crippen molar-refractivity contribution < 1.29 is 19.2 Å². The minimum Gasteiger partial charge on any atom is -0.352 e. The molecular weight excluding hydrogens is 372 g/mol. The highest BCUT2D eigenvalue weighted by Crippen LogP contribution is 2.30. The average Bonchev–Trinajstić information content (AvgIpc) is 2.89. The van der Waals surface area contributed by atoms with E-state index in [1.165, 1.54) is 0 Å². The van der Waals surface area contributed by atoms with E-state index in [0.717, 1.165) is 15.7 Å². The number of rotatable bonds is 6. The maximum Gasteiger partial charge on any atom is 0.325 e. The molecule has 3 N–H and O–H groups in total. The molecule has 1 aliphatic heterocycles. The van der Waals surface area contributed by atoms with Gasteiger partial charge in [-0.05, 0) is 43.2 Å². The molecule has 1 heterocycles. The first-order valence-corrected chi connectivity index (χ1v) is 9.40. The Morgan fingerprint density at radius 1 is 1.07 bits per heavy atom. The zero-order valence-corrected chi connectivity index (χ0v) is 16.6. The zero-order valence-electron chi connectivity index (χ0n) is 16.6. The molecule has 0 radical (unpaired) electrons. The summed E-state index contributed by atoms with van der Waals surface area (Å²) in [6.45, 7) is 4.55. The first-order chi connectivity index (χ1) is 13.7. The summed E-state index contributed by atoms with van der Waals surface area (Å²) in [5, 5.41) is 9.72. The number of imide groups is 1. The van der Waals surface area contributed by atoms with Crippen LogP contribution in [0.5, 0.6) is 0 Å². The Labute approximate surface area is 168 Å². The molecular formula is C21H24N4O4. The van der Waals surface area contributed by atoms with E-state index in [-0.39, 0.29) is 18.5 Å². The molecule has 0 spiro atoms. The van der Waals surface area contributed by atoms with Crippen LogP contribution < -0.4 is 16.0 Å². The van der Waals surface area contributed by atoms with Gasteiger partial charge in [-0.1, -0.05) is 36.4 Å². The van der Waals surface area contributed by atoms with E-state index in [4.69, 9.17) is 0 Å². The van der Waals surface area contributed by atoms with Gasteiger partial charge in [0.25, 0.3) is 5.91 Å². The van der Waals surface area contributed by atoms with Crippen LogP contribution in [-0.2, 0) is 19.9 Å². The number of nitrogens with zero attached hydrogens (tertiary/aromatic N) is 1. The highest BCUT2D eigenvalue weighted by atomic mass is 16.2. The lowest BCUT2D eigenvalue weighted by Gasteiger charge is -2.22. The third-order valence-corrected chi connectivity index (χ3v) is 4.80. The van der Waals surface area contributed by atoms with Crippen LogP contribution in [0.15, 0.2) is 42.5 Å². The van der Waals surface area contributed by atoms with E-state index in [1.54, 1.807) is 26.8 Å².